The maximum atomic E-state index is 12.9. The van der Waals surface area contributed by atoms with E-state index in [1.165, 1.54) is 15.9 Å². The van der Waals surface area contributed by atoms with Crippen molar-refractivity contribution in [3.63, 3.8) is 0 Å². The van der Waals surface area contributed by atoms with Crippen molar-refractivity contribution in [2.24, 2.45) is 5.92 Å². The van der Waals surface area contributed by atoms with Crippen LogP contribution in [0.5, 0.6) is 0 Å². The Labute approximate surface area is 177 Å². The summed E-state index contributed by atoms with van der Waals surface area (Å²) in [5.41, 5.74) is 1.74. The first-order valence-electron chi connectivity index (χ1n) is 10.0. The molecule has 30 heavy (non-hydrogen) atoms. The zero-order valence-electron chi connectivity index (χ0n) is 16.5. The molecule has 0 aliphatic carbocycles. The molecule has 2 aromatic carbocycles. The highest BCUT2D eigenvalue weighted by atomic mass is 32.1. The van der Waals surface area contributed by atoms with E-state index in [0.717, 1.165) is 31.6 Å². The monoisotopic (exact) mass is 419 g/mol. The van der Waals surface area contributed by atoms with E-state index < -0.39 is 0 Å². The van der Waals surface area contributed by atoms with Crippen molar-refractivity contribution < 1.29 is 4.79 Å². The number of nitrogens with one attached hydrogen (secondary N) is 1. The van der Waals surface area contributed by atoms with Crippen LogP contribution in [-0.2, 0) is 0 Å². The van der Waals surface area contributed by atoms with Crippen molar-refractivity contribution >= 4 is 43.9 Å². The number of carbonyl (C=O) groups excluding carboxylic acids is 1. The molecule has 1 aliphatic rings. The average molecular weight is 420 g/mol. The molecule has 1 atom stereocenters. The Morgan fingerprint density at radius 2 is 2.03 bits per heavy atom. The van der Waals surface area contributed by atoms with E-state index in [-0.39, 0.29) is 11.5 Å². The van der Waals surface area contributed by atoms with E-state index in [1.54, 1.807) is 18.2 Å². The van der Waals surface area contributed by atoms with Gasteiger partial charge in [-0.2, -0.15) is 4.52 Å². The second-order valence-corrected chi connectivity index (χ2v) is 8.70. The Hall–Kier alpha value is -3.26. The number of nitrogens with zero attached hydrogens (tertiary/aromatic N) is 4. The third-order valence-electron chi connectivity index (χ3n) is 5.41. The average Bonchev–Trinajstić information content (AvgIpc) is 3.16. The van der Waals surface area contributed by atoms with Gasteiger partial charge in [-0.3, -0.25) is 9.59 Å². The Bertz CT molecular complexity index is 1300. The number of aromatic nitrogens is 3. The van der Waals surface area contributed by atoms with Gasteiger partial charge >= 0.3 is 0 Å². The molecule has 8 heteroatoms. The molecule has 1 N–H and O–H groups in total. The van der Waals surface area contributed by atoms with Gasteiger partial charge in [-0.1, -0.05) is 36.5 Å². The van der Waals surface area contributed by atoms with Gasteiger partial charge in [0.15, 0.2) is 0 Å². The third-order valence-corrected chi connectivity index (χ3v) is 6.24. The van der Waals surface area contributed by atoms with Crippen molar-refractivity contribution in [1.82, 2.24) is 19.5 Å². The van der Waals surface area contributed by atoms with E-state index >= 15 is 0 Å². The number of piperidine rings is 1. The predicted octanol–water partition coefficient (Wildman–Crippen LogP) is 3.92. The molecule has 0 saturated carbocycles. The van der Waals surface area contributed by atoms with Crippen LogP contribution in [0, 0.1) is 5.92 Å². The van der Waals surface area contributed by atoms with Crippen molar-refractivity contribution in [3.8, 4) is 0 Å². The van der Waals surface area contributed by atoms with Crippen LogP contribution in [0.2, 0.25) is 0 Å². The zero-order chi connectivity index (χ0) is 20.7. The molecule has 1 fully saturated rings. The number of para-hydroxylation sites is 1. The van der Waals surface area contributed by atoms with Crippen LogP contribution in [0.3, 0.4) is 0 Å². The number of rotatable bonds is 3. The van der Waals surface area contributed by atoms with Gasteiger partial charge in [-0.15, -0.1) is 5.10 Å². The lowest BCUT2D eigenvalue weighted by Crippen LogP contribution is -2.39. The SMILES string of the molecule is C[C@H]1CCCN(C(=O)c2ccc3c(=O)n4nc(Nc5ccccc5)sc4nc3c2)C1. The molecule has 7 nitrogen and oxygen atoms in total. The summed E-state index contributed by atoms with van der Waals surface area (Å²) in [5.74, 6) is 0.513. The van der Waals surface area contributed by atoms with Gasteiger partial charge < -0.3 is 10.2 Å². The Morgan fingerprint density at radius 3 is 2.83 bits per heavy atom. The Kier molecular flexibility index (Phi) is 4.71. The molecule has 152 valence electrons. The summed E-state index contributed by atoms with van der Waals surface area (Å²) in [7, 11) is 0. The van der Waals surface area contributed by atoms with Crippen LogP contribution < -0.4 is 10.9 Å². The van der Waals surface area contributed by atoms with E-state index in [4.69, 9.17) is 0 Å². The summed E-state index contributed by atoms with van der Waals surface area (Å²) in [5, 5.41) is 8.60. The van der Waals surface area contributed by atoms with Crippen molar-refractivity contribution in [1.29, 1.82) is 0 Å². The number of fused-ring (bicyclic) bond motifs is 2. The normalized spacial score (nSPS) is 16.8. The number of benzene rings is 2. The number of hydrogen-bond acceptors (Lipinski definition) is 6. The fourth-order valence-corrected chi connectivity index (χ4v) is 4.71. The number of anilines is 2. The Morgan fingerprint density at radius 1 is 1.20 bits per heavy atom. The largest absolute Gasteiger partial charge is 0.338 e. The lowest BCUT2D eigenvalue weighted by Gasteiger charge is -2.31. The molecular formula is C22H21N5O2S. The molecule has 1 saturated heterocycles. The molecule has 0 spiro atoms. The van der Waals surface area contributed by atoms with E-state index in [2.05, 4.69) is 22.3 Å². The molecule has 5 rings (SSSR count). The molecule has 0 unspecified atom stereocenters. The summed E-state index contributed by atoms with van der Waals surface area (Å²) < 4.78 is 1.31. The highest BCUT2D eigenvalue weighted by Crippen LogP contribution is 2.24. The van der Waals surface area contributed by atoms with Crippen molar-refractivity contribution in [2.45, 2.75) is 19.8 Å². The lowest BCUT2D eigenvalue weighted by molar-refractivity contribution is 0.0683. The molecule has 2 aromatic heterocycles. The van der Waals surface area contributed by atoms with Gasteiger partial charge in [0, 0.05) is 24.3 Å². The van der Waals surface area contributed by atoms with Crippen LogP contribution in [-0.4, -0.2) is 38.5 Å². The molecule has 4 aromatic rings. The lowest BCUT2D eigenvalue weighted by atomic mass is 9.99. The Balaban J connectivity index is 1.51. The molecule has 1 aliphatic heterocycles. The zero-order valence-corrected chi connectivity index (χ0v) is 17.4. The maximum absolute atomic E-state index is 12.9. The van der Waals surface area contributed by atoms with Crippen LogP contribution >= 0.6 is 11.3 Å². The van der Waals surface area contributed by atoms with Crippen LogP contribution in [0.1, 0.15) is 30.1 Å². The number of carbonyl (C=O) groups is 1. The first-order valence-corrected chi connectivity index (χ1v) is 10.8. The number of hydrogen-bond donors (Lipinski definition) is 1. The van der Waals surface area contributed by atoms with Crippen molar-refractivity contribution in [3.05, 3.63) is 64.4 Å². The minimum Gasteiger partial charge on any atom is -0.338 e. The van der Waals surface area contributed by atoms with E-state index in [9.17, 15) is 9.59 Å². The fourth-order valence-electron chi connectivity index (χ4n) is 3.89. The van der Waals surface area contributed by atoms with Gasteiger partial charge in [-0.05, 0) is 49.1 Å². The first kappa shape index (κ1) is 18.7. The molecule has 0 bridgehead atoms. The van der Waals surface area contributed by atoms with Gasteiger partial charge in [0.05, 0.1) is 10.9 Å². The minimum absolute atomic E-state index is 0.00110. The summed E-state index contributed by atoms with van der Waals surface area (Å²) in [6, 6.07) is 14.8. The fraction of sp³-hybridized carbons (Fsp3) is 0.273. The van der Waals surface area contributed by atoms with Crippen LogP contribution in [0.25, 0.3) is 15.9 Å². The van der Waals surface area contributed by atoms with Gasteiger partial charge in [0.25, 0.3) is 11.5 Å². The minimum atomic E-state index is -0.238. The maximum Gasteiger partial charge on any atom is 0.283 e. The van der Waals surface area contributed by atoms with Crippen molar-refractivity contribution in [2.75, 3.05) is 18.4 Å². The highest BCUT2D eigenvalue weighted by molar-refractivity contribution is 7.20. The van der Waals surface area contributed by atoms with Crippen LogP contribution in [0.15, 0.2) is 53.3 Å². The number of amides is 1. The smallest absolute Gasteiger partial charge is 0.283 e. The molecule has 1 amide bonds. The van der Waals surface area contributed by atoms with Gasteiger partial charge in [0.2, 0.25) is 10.1 Å². The summed E-state index contributed by atoms with van der Waals surface area (Å²) in [4.78, 5) is 32.9. The second-order valence-electron chi connectivity index (χ2n) is 7.74. The molecular weight excluding hydrogens is 398 g/mol. The topological polar surface area (TPSA) is 79.6 Å². The second kappa shape index (κ2) is 7.53. The highest BCUT2D eigenvalue weighted by Gasteiger charge is 2.22. The quantitative estimate of drug-likeness (QED) is 0.544. The first-order chi connectivity index (χ1) is 14.6. The number of likely N-dealkylation sites (tertiary alicyclic amines) is 1. The van der Waals surface area contributed by atoms with Gasteiger partial charge in [0.1, 0.15) is 0 Å². The molecule has 0 radical (unpaired) electrons. The predicted molar refractivity (Wildman–Crippen MR) is 119 cm³/mol. The van der Waals surface area contributed by atoms with E-state index in [1.807, 2.05) is 35.2 Å². The third kappa shape index (κ3) is 3.43. The summed E-state index contributed by atoms with van der Waals surface area (Å²) in [6.45, 7) is 3.72. The standard InChI is InChI=1S/C22H21N5O2S/c1-14-6-5-11-26(13-14)19(28)15-9-10-17-18(12-15)24-22-27(20(17)29)25-21(30-22)23-16-7-3-2-4-8-16/h2-4,7-10,12,14H,5-6,11,13H2,1H3,(H,23,25)/t14-/m0/s1. The van der Waals surface area contributed by atoms with Crippen LogP contribution in [0.4, 0.5) is 10.8 Å². The summed E-state index contributed by atoms with van der Waals surface area (Å²) >= 11 is 1.30. The van der Waals surface area contributed by atoms with E-state index in [0.29, 0.717) is 32.5 Å². The molecule has 3 heterocycles. The summed E-state index contributed by atoms with van der Waals surface area (Å²) in [6.07, 6.45) is 2.18. The van der Waals surface area contributed by atoms with Gasteiger partial charge in [-0.25, -0.2) is 4.98 Å².